The van der Waals surface area contributed by atoms with Crippen LogP contribution in [0.15, 0.2) is 84.9 Å². The third-order valence-corrected chi connectivity index (χ3v) is 5.68. The molecule has 0 aliphatic carbocycles. The van der Waals surface area contributed by atoms with Crippen LogP contribution < -0.4 is 10.1 Å². The molecule has 4 heteroatoms. The molecule has 1 amide bonds. The first-order valence-electron chi connectivity index (χ1n) is 10.6. The van der Waals surface area contributed by atoms with Crippen LogP contribution in [-0.4, -0.2) is 24.1 Å². The summed E-state index contributed by atoms with van der Waals surface area (Å²) in [6.07, 6.45) is 3.12. The van der Waals surface area contributed by atoms with Gasteiger partial charge in [0.2, 0.25) is 0 Å². The minimum atomic E-state index is -0.463. The fourth-order valence-corrected chi connectivity index (χ4v) is 4.05. The number of ether oxygens (including phenoxy) is 1. The van der Waals surface area contributed by atoms with Crippen LogP contribution in [0.4, 0.5) is 10.5 Å². The molecule has 1 aliphatic rings. The topological polar surface area (TPSA) is 41.6 Å². The summed E-state index contributed by atoms with van der Waals surface area (Å²) in [5.74, 6) is 1.28. The number of carbonyl (C=O) groups is 1. The van der Waals surface area contributed by atoms with Crippen LogP contribution in [0.3, 0.4) is 0 Å². The first-order chi connectivity index (χ1) is 14.8. The first-order valence-corrected chi connectivity index (χ1v) is 10.6. The third-order valence-electron chi connectivity index (χ3n) is 5.68. The molecule has 3 aromatic rings. The molecule has 0 atom stereocenters. The van der Waals surface area contributed by atoms with Crippen molar-refractivity contribution in [2.75, 3.05) is 18.4 Å². The van der Waals surface area contributed by atoms with E-state index in [1.165, 1.54) is 18.4 Å². The Morgan fingerprint density at radius 3 is 2.23 bits per heavy atom. The van der Waals surface area contributed by atoms with Gasteiger partial charge in [-0.25, -0.2) is 4.79 Å². The van der Waals surface area contributed by atoms with Crippen molar-refractivity contribution in [2.24, 2.45) is 5.92 Å². The molecule has 0 bridgehead atoms. The number of piperidine rings is 1. The number of anilines is 1. The minimum Gasteiger partial charge on any atom is -0.410 e. The van der Waals surface area contributed by atoms with Crippen molar-refractivity contribution >= 4 is 11.8 Å². The van der Waals surface area contributed by atoms with Crippen molar-refractivity contribution in [1.82, 2.24) is 4.90 Å². The summed E-state index contributed by atoms with van der Waals surface area (Å²) >= 11 is 0. The quantitative estimate of drug-likeness (QED) is 0.573. The highest BCUT2D eigenvalue weighted by molar-refractivity contribution is 5.87. The van der Waals surface area contributed by atoms with Crippen LogP contribution in [0.25, 0.3) is 0 Å². The zero-order valence-electron chi connectivity index (χ0n) is 17.2. The van der Waals surface area contributed by atoms with E-state index in [-0.39, 0.29) is 0 Å². The van der Waals surface area contributed by atoms with E-state index in [0.29, 0.717) is 5.75 Å². The lowest BCUT2D eigenvalue weighted by atomic mass is 9.90. The van der Waals surface area contributed by atoms with Gasteiger partial charge in [0.25, 0.3) is 0 Å². The Kier molecular flexibility index (Phi) is 6.78. The minimum absolute atomic E-state index is 0.463. The van der Waals surface area contributed by atoms with Crippen molar-refractivity contribution in [3.8, 4) is 5.75 Å². The Labute approximate surface area is 178 Å². The smallest absolute Gasteiger partial charge is 0.410 e. The monoisotopic (exact) mass is 400 g/mol. The Balaban J connectivity index is 1.30. The van der Waals surface area contributed by atoms with E-state index < -0.39 is 6.09 Å². The van der Waals surface area contributed by atoms with E-state index in [1.54, 1.807) is 12.1 Å². The van der Waals surface area contributed by atoms with E-state index in [9.17, 15) is 4.79 Å². The van der Waals surface area contributed by atoms with Crippen molar-refractivity contribution in [1.29, 1.82) is 0 Å². The second kappa shape index (κ2) is 10.1. The van der Waals surface area contributed by atoms with Crippen LogP contribution in [0, 0.1) is 5.92 Å². The van der Waals surface area contributed by atoms with Crippen LogP contribution in [0.1, 0.15) is 24.0 Å². The summed E-state index contributed by atoms with van der Waals surface area (Å²) in [7, 11) is 0. The molecular weight excluding hydrogens is 372 g/mol. The van der Waals surface area contributed by atoms with Crippen LogP contribution in [0.2, 0.25) is 0 Å². The highest BCUT2D eigenvalue weighted by Crippen LogP contribution is 2.25. The maximum atomic E-state index is 12.3. The van der Waals surface area contributed by atoms with Crippen LogP contribution in [0.5, 0.6) is 5.75 Å². The lowest BCUT2D eigenvalue weighted by molar-refractivity contribution is 0.177. The number of hydrogen-bond acceptors (Lipinski definition) is 3. The number of nitrogens with zero attached hydrogens (tertiary/aromatic N) is 1. The predicted octanol–water partition coefficient (Wildman–Crippen LogP) is 5.75. The first kappa shape index (κ1) is 20.2. The molecule has 0 unspecified atom stereocenters. The lowest BCUT2D eigenvalue weighted by Gasteiger charge is -2.32. The summed E-state index contributed by atoms with van der Waals surface area (Å²) in [5.41, 5.74) is 3.36. The Bertz CT molecular complexity index is 936. The Morgan fingerprint density at radius 1 is 0.867 bits per heavy atom. The largest absolute Gasteiger partial charge is 0.417 e. The van der Waals surface area contributed by atoms with Crippen molar-refractivity contribution in [3.63, 3.8) is 0 Å². The van der Waals surface area contributed by atoms with Gasteiger partial charge in [0, 0.05) is 12.2 Å². The Morgan fingerprint density at radius 2 is 1.50 bits per heavy atom. The number of benzene rings is 3. The van der Waals surface area contributed by atoms with Gasteiger partial charge in [-0.1, -0.05) is 66.7 Å². The molecule has 1 aliphatic heterocycles. The van der Waals surface area contributed by atoms with Gasteiger partial charge in [-0.2, -0.15) is 0 Å². The molecule has 30 heavy (non-hydrogen) atoms. The maximum Gasteiger partial charge on any atom is 0.417 e. The van der Waals surface area contributed by atoms with E-state index in [0.717, 1.165) is 43.2 Å². The summed E-state index contributed by atoms with van der Waals surface area (Å²) < 4.78 is 5.37. The number of rotatable bonds is 6. The molecular formula is C26H28N2O2. The molecule has 4 nitrogen and oxygen atoms in total. The van der Waals surface area contributed by atoms with E-state index >= 15 is 0 Å². The van der Waals surface area contributed by atoms with Crippen molar-refractivity contribution < 1.29 is 9.53 Å². The zero-order valence-corrected chi connectivity index (χ0v) is 17.2. The molecule has 1 saturated heterocycles. The molecule has 0 radical (unpaired) electrons. The van der Waals surface area contributed by atoms with Gasteiger partial charge in [0.1, 0.15) is 5.75 Å². The van der Waals surface area contributed by atoms with Crippen LogP contribution >= 0.6 is 0 Å². The molecule has 0 saturated carbocycles. The predicted molar refractivity (Wildman–Crippen MR) is 121 cm³/mol. The van der Waals surface area contributed by atoms with Gasteiger partial charge in [-0.15, -0.1) is 0 Å². The summed E-state index contributed by atoms with van der Waals surface area (Å²) in [5, 5.41) is 2.90. The second-order valence-corrected chi connectivity index (χ2v) is 7.89. The Hall–Kier alpha value is -3.11. The molecule has 4 rings (SSSR count). The number of nitrogens with one attached hydrogen (secondary N) is 1. The summed E-state index contributed by atoms with van der Waals surface area (Å²) in [6.45, 7) is 3.00. The summed E-state index contributed by atoms with van der Waals surface area (Å²) in [6, 6.07) is 27.9. The summed E-state index contributed by atoms with van der Waals surface area (Å²) in [4.78, 5) is 14.8. The fraction of sp³-hybridized carbons (Fsp3) is 0.269. The number of para-hydroxylation sites is 2. The average Bonchev–Trinajstić information content (AvgIpc) is 2.78. The third kappa shape index (κ3) is 5.71. The highest BCUT2D eigenvalue weighted by atomic mass is 16.6. The SMILES string of the molecule is O=C(Nc1ccccc1CN1CCC(Cc2ccccc2)CC1)Oc1ccccc1. The lowest BCUT2D eigenvalue weighted by Crippen LogP contribution is -2.34. The number of amides is 1. The number of hydrogen-bond donors (Lipinski definition) is 1. The van der Waals surface area contributed by atoms with E-state index in [2.05, 4.69) is 46.6 Å². The van der Waals surface area contributed by atoms with Crippen molar-refractivity contribution in [3.05, 3.63) is 96.1 Å². The molecule has 3 aromatic carbocycles. The molecule has 1 heterocycles. The number of likely N-dealkylation sites (tertiary alicyclic amines) is 1. The van der Waals surface area contributed by atoms with Gasteiger partial charge in [0.05, 0.1) is 0 Å². The van der Waals surface area contributed by atoms with Gasteiger partial charge in [-0.05, 0) is 67.6 Å². The molecule has 0 aromatic heterocycles. The van der Waals surface area contributed by atoms with Gasteiger partial charge in [-0.3, -0.25) is 10.2 Å². The molecule has 1 fully saturated rings. The molecule has 154 valence electrons. The standard InChI is InChI=1S/C26H28N2O2/c29-26(30-24-12-5-2-6-13-24)27-25-14-8-7-11-23(25)20-28-17-15-22(16-18-28)19-21-9-3-1-4-10-21/h1-14,22H,15-20H2,(H,27,29). The molecule has 1 N–H and O–H groups in total. The number of carbonyl (C=O) groups excluding carboxylic acids is 1. The van der Waals surface area contributed by atoms with E-state index in [4.69, 9.17) is 4.74 Å². The fourth-order valence-electron chi connectivity index (χ4n) is 4.05. The van der Waals surface area contributed by atoms with Gasteiger partial charge >= 0.3 is 6.09 Å². The zero-order chi connectivity index (χ0) is 20.6. The van der Waals surface area contributed by atoms with Gasteiger partial charge in [0.15, 0.2) is 0 Å². The maximum absolute atomic E-state index is 12.3. The second-order valence-electron chi connectivity index (χ2n) is 7.89. The van der Waals surface area contributed by atoms with E-state index in [1.807, 2.05) is 36.4 Å². The average molecular weight is 401 g/mol. The van der Waals surface area contributed by atoms with Crippen LogP contribution in [-0.2, 0) is 13.0 Å². The van der Waals surface area contributed by atoms with Crippen molar-refractivity contribution in [2.45, 2.75) is 25.8 Å². The molecule has 0 spiro atoms. The normalized spacial score (nSPS) is 14.9. The highest BCUT2D eigenvalue weighted by Gasteiger charge is 2.20. The van der Waals surface area contributed by atoms with Gasteiger partial charge < -0.3 is 4.74 Å².